The van der Waals surface area contributed by atoms with Gasteiger partial charge in [0.25, 0.3) is 0 Å². The molecule has 162 valence electrons. The molecule has 1 heterocycles. The van der Waals surface area contributed by atoms with Crippen LogP contribution in [0.15, 0.2) is 64.1 Å². The topological polar surface area (TPSA) is 73.1 Å². The molecule has 0 aliphatic carbocycles. The SMILES string of the molecule is COc1ccc(CC(=O)N/N=C/c2ccc(-c3cccc(C(F)(F)F)c3)o2)cc1OC. The van der Waals surface area contributed by atoms with Crippen LogP contribution in [0.5, 0.6) is 11.5 Å². The summed E-state index contributed by atoms with van der Waals surface area (Å²) in [6, 6.07) is 13.0. The lowest BCUT2D eigenvalue weighted by atomic mass is 10.1. The Kier molecular flexibility index (Phi) is 6.64. The molecule has 0 bridgehead atoms. The van der Waals surface area contributed by atoms with Gasteiger partial charge in [0, 0.05) is 5.56 Å². The quantitative estimate of drug-likeness (QED) is 0.435. The van der Waals surface area contributed by atoms with E-state index in [0.717, 1.165) is 12.1 Å². The summed E-state index contributed by atoms with van der Waals surface area (Å²) in [5, 5.41) is 3.82. The number of amides is 1. The van der Waals surface area contributed by atoms with Crippen LogP contribution in [0.1, 0.15) is 16.9 Å². The van der Waals surface area contributed by atoms with Crippen LogP contribution in [0.2, 0.25) is 0 Å². The standard InChI is InChI=1S/C22H19F3N2O4/c1-29-19-8-6-14(10-20(19)30-2)11-21(28)27-26-13-17-7-9-18(31-17)15-4-3-5-16(12-15)22(23,24)25/h3-10,12-13H,11H2,1-2H3,(H,27,28)/b26-13+. The van der Waals surface area contributed by atoms with Gasteiger partial charge in [0.15, 0.2) is 11.5 Å². The van der Waals surface area contributed by atoms with Crippen molar-refractivity contribution in [1.29, 1.82) is 0 Å². The predicted octanol–water partition coefficient (Wildman–Crippen LogP) is 4.68. The van der Waals surface area contributed by atoms with Crippen molar-refractivity contribution in [1.82, 2.24) is 5.43 Å². The first-order valence-corrected chi connectivity index (χ1v) is 9.10. The molecule has 31 heavy (non-hydrogen) atoms. The number of hydrazone groups is 1. The summed E-state index contributed by atoms with van der Waals surface area (Å²) in [5.74, 6) is 1.23. The van der Waals surface area contributed by atoms with Crippen LogP contribution in [0.3, 0.4) is 0 Å². The third kappa shape index (κ3) is 5.65. The molecule has 0 unspecified atom stereocenters. The van der Waals surface area contributed by atoms with Crippen LogP contribution in [0, 0.1) is 0 Å². The minimum atomic E-state index is -4.44. The van der Waals surface area contributed by atoms with Gasteiger partial charge in [-0.25, -0.2) is 5.43 Å². The lowest BCUT2D eigenvalue weighted by molar-refractivity contribution is -0.137. The molecule has 0 saturated carbocycles. The average molecular weight is 432 g/mol. The van der Waals surface area contributed by atoms with Gasteiger partial charge < -0.3 is 13.9 Å². The third-order valence-corrected chi connectivity index (χ3v) is 4.29. The van der Waals surface area contributed by atoms with Crippen LogP contribution in [-0.4, -0.2) is 26.3 Å². The summed E-state index contributed by atoms with van der Waals surface area (Å²) in [6.07, 6.45) is -3.11. The van der Waals surface area contributed by atoms with Gasteiger partial charge in [-0.1, -0.05) is 18.2 Å². The molecule has 0 fully saturated rings. The van der Waals surface area contributed by atoms with Crippen molar-refractivity contribution >= 4 is 12.1 Å². The Balaban J connectivity index is 1.61. The van der Waals surface area contributed by atoms with Gasteiger partial charge in [0.2, 0.25) is 5.91 Å². The van der Waals surface area contributed by atoms with E-state index in [0.29, 0.717) is 17.1 Å². The molecule has 0 saturated heterocycles. The molecular formula is C22H19F3N2O4. The number of carbonyl (C=O) groups is 1. The summed E-state index contributed by atoms with van der Waals surface area (Å²) in [7, 11) is 3.02. The van der Waals surface area contributed by atoms with Crippen LogP contribution < -0.4 is 14.9 Å². The number of hydrogen-bond acceptors (Lipinski definition) is 5. The molecular weight excluding hydrogens is 413 g/mol. The molecule has 6 nitrogen and oxygen atoms in total. The highest BCUT2D eigenvalue weighted by Crippen LogP contribution is 2.32. The molecule has 1 N–H and O–H groups in total. The Morgan fingerprint density at radius 2 is 1.84 bits per heavy atom. The van der Waals surface area contributed by atoms with E-state index in [9.17, 15) is 18.0 Å². The first-order chi connectivity index (χ1) is 14.8. The van der Waals surface area contributed by atoms with Crippen LogP contribution >= 0.6 is 0 Å². The number of methoxy groups -OCH3 is 2. The molecule has 9 heteroatoms. The smallest absolute Gasteiger partial charge is 0.416 e. The zero-order valence-electron chi connectivity index (χ0n) is 16.7. The fraction of sp³-hybridized carbons (Fsp3) is 0.182. The zero-order valence-corrected chi connectivity index (χ0v) is 16.7. The maximum Gasteiger partial charge on any atom is 0.416 e. The Morgan fingerprint density at radius 3 is 2.55 bits per heavy atom. The van der Waals surface area contributed by atoms with Crippen molar-refractivity contribution in [3.63, 3.8) is 0 Å². The summed E-state index contributed by atoms with van der Waals surface area (Å²) in [4.78, 5) is 12.1. The molecule has 0 aliphatic rings. The summed E-state index contributed by atoms with van der Waals surface area (Å²) in [5.41, 5.74) is 2.60. The van der Waals surface area contributed by atoms with Gasteiger partial charge in [0.05, 0.1) is 32.4 Å². The van der Waals surface area contributed by atoms with Gasteiger partial charge >= 0.3 is 6.18 Å². The Morgan fingerprint density at radius 1 is 1.06 bits per heavy atom. The van der Waals surface area contributed by atoms with Crippen molar-refractivity contribution in [3.05, 3.63) is 71.5 Å². The molecule has 0 radical (unpaired) electrons. The normalized spacial score (nSPS) is 11.5. The van der Waals surface area contributed by atoms with E-state index in [1.807, 2.05) is 0 Å². The van der Waals surface area contributed by atoms with E-state index in [4.69, 9.17) is 13.9 Å². The Labute approximate surface area is 176 Å². The van der Waals surface area contributed by atoms with Crippen molar-refractivity contribution < 1.29 is 31.9 Å². The molecule has 1 amide bonds. The second-order valence-corrected chi connectivity index (χ2v) is 6.44. The number of hydrogen-bond donors (Lipinski definition) is 1. The Hall–Kier alpha value is -3.75. The maximum atomic E-state index is 12.9. The van der Waals surface area contributed by atoms with E-state index < -0.39 is 11.7 Å². The van der Waals surface area contributed by atoms with Crippen molar-refractivity contribution in [2.45, 2.75) is 12.6 Å². The summed E-state index contributed by atoms with van der Waals surface area (Å²) in [6.45, 7) is 0. The molecule has 0 atom stereocenters. The highest BCUT2D eigenvalue weighted by molar-refractivity contribution is 5.82. The number of furan rings is 1. The average Bonchev–Trinajstić information content (AvgIpc) is 3.22. The predicted molar refractivity (Wildman–Crippen MR) is 108 cm³/mol. The molecule has 3 rings (SSSR count). The zero-order chi connectivity index (χ0) is 22.4. The monoisotopic (exact) mass is 432 g/mol. The largest absolute Gasteiger partial charge is 0.493 e. The van der Waals surface area contributed by atoms with E-state index in [1.54, 1.807) is 24.3 Å². The molecule has 1 aromatic heterocycles. The number of rotatable bonds is 7. The van der Waals surface area contributed by atoms with Gasteiger partial charge in [-0.05, 0) is 42.0 Å². The summed E-state index contributed by atoms with van der Waals surface area (Å²) < 4.78 is 54.4. The molecule has 2 aromatic carbocycles. The second kappa shape index (κ2) is 9.38. The fourth-order valence-corrected chi connectivity index (χ4v) is 2.81. The minimum Gasteiger partial charge on any atom is -0.493 e. The van der Waals surface area contributed by atoms with Crippen molar-refractivity contribution in [3.8, 4) is 22.8 Å². The second-order valence-electron chi connectivity index (χ2n) is 6.44. The van der Waals surface area contributed by atoms with E-state index >= 15 is 0 Å². The fourth-order valence-electron chi connectivity index (χ4n) is 2.81. The van der Waals surface area contributed by atoms with Crippen LogP contribution in [-0.2, 0) is 17.4 Å². The van der Waals surface area contributed by atoms with Crippen molar-refractivity contribution in [2.75, 3.05) is 14.2 Å². The number of ether oxygens (including phenoxy) is 2. The van der Waals surface area contributed by atoms with E-state index in [-0.39, 0.29) is 29.4 Å². The highest BCUT2D eigenvalue weighted by atomic mass is 19.4. The number of nitrogens with zero attached hydrogens (tertiary/aromatic N) is 1. The first-order valence-electron chi connectivity index (χ1n) is 9.10. The molecule has 3 aromatic rings. The molecule has 0 spiro atoms. The van der Waals surface area contributed by atoms with Gasteiger partial charge in [-0.15, -0.1) is 0 Å². The number of carbonyl (C=O) groups excluding carboxylic acids is 1. The van der Waals surface area contributed by atoms with Gasteiger partial charge in [-0.3, -0.25) is 4.79 Å². The van der Waals surface area contributed by atoms with Crippen LogP contribution in [0.4, 0.5) is 13.2 Å². The lowest BCUT2D eigenvalue weighted by Crippen LogP contribution is -2.19. The van der Waals surface area contributed by atoms with E-state index in [1.165, 1.54) is 38.6 Å². The third-order valence-electron chi connectivity index (χ3n) is 4.29. The van der Waals surface area contributed by atoms with Crippen molar-refractivity contribution in [2.24, 2.45) is 5.10 Å². The molecule has 0 aliphatic heterocycles. The number of halogens is 3. The minimum absolute atomic E-state index is 0.0608. The lowest BCUT2D eigenvalue weighted by Gasteiger charge is -2.09. The highest BCUT2D eigenvalue weighted by Gasteiger charge is 2.30. The maximum absolute atomic E-state index is 12.9. The number of nitrogens with one attached hydrogen (secondary N) is 1. The van der Waals surface area contributed by atoms with E-state index in [2.05, 4.69) is 10.5 Å². The van der Waals surface area contributed by atoms with Gasteiger partial charge in [-0.2, -0.15) is 18.3 Å². The number of alkyl halides is 3. The summed E-state index contributed by atoms with van der Waals surface area (Å²) >= 11 is 0. The number of benzene rings is 2. The van der Waals surface area contributed by atoms with Crippen LogP contribution in [0.25, 0.3) is 11.3 Å². The van der Waals surface area contributed by atoms with Gasteiger partial charge in [0.1, 0.15) is 11.5 Å². The Bertz CT molecular complexity index is 1090. The first kappa shape index (κ1) is 21.9.